The van der Waals surface area contributed by atoms with Gasteiger partial charge in [-0.05, 0) is 25.1 Å². The predicted octanol–water partition coefficient (Wildman–Crippen LogP) is 1.76. The first kappa shape index (κ1) is 19.9. The van der Waals surface area contributed by atoms with E-state index in [1.807, 2.05) is 24.0 Å². The maximum atomic E-state index is 12.3. The molecule has 0 aliphatic heterocycles. The molecule has 0 atom stereocenters. The summed E-state index contributed by atoms with van der Waals surface area (Å²) in [6, 6.07) is 7.26. The Morgan fingerprint density at radius 1 is 1.17 bits per heavy atom. The highest BCUT2D eigenvalue weighted by Crippen LogP contribution is 2.22. The Hall–Kier alpha value is -2.12. The number of amides is 2. The second-order valence-electron chi connectivity index (χ2n) is 5.35. The van der Waals surface area contributed by atoms with Crippen molar-refractivity contribution in [3.8, 4) is 5.75 Å². The predicted molar refractivity (Wildman–Crippen MR) is 92.8 cm³/mol. The zero-order chi connectivity index (χ0) is 17.9. The van der Waals surface area contributed by atoms with Crippen LogP contribution in [0.2, 0.25) is 0 Å². The van der Waals surface area contributed by atoms with Crippen molar-refractivity contribution in [1.82, 2.24) is 9.96 Å². The maximum Gasteiger partial charge on any atom is 0.247 e. The summed E-state index contributed by atoms with van der Waals surface area (Å²) < 4.78 is 5.22. The number of rotatable bonds is 10. The number of ether oxygens (including phenoxy) is 1. The van der Waals surface area contributed by atoms with Crippen molar-refractivity contribution in [2.75, 3.05) is 46.2 Å². The molecular formula is C17H27N3O4. The van der Waals surface area contributed by atoms with E-state index in [0.717, 1.165) is 13.0 Å². The van der Waals surface area contributed by atoms with Crippen LogP contribution in [0.5, 0.6) is 5.75 Å². The molecule has 0 radical (unpaired) electrons. The number of carbonyl (C=O) groups excluding carboxylic acids is 2. The lowest BCUT2D eigenvalue weighted by atomic mass is 10.2. The Morgan fingerprint density at radius 2 is 1.88 bits per heavy atom. The highest BCUT2D eigenvalue weighted by atomic mass is 16.7. The van der Waals surface area contributed by atoms with Gasteiger partial charge in [-0.25, -0.2) is 5.06 Å². The highest BCUT2D eigenvalue weighted by Gasteiger charge is 2.15. The Balaban J connectivity index is 2.57. The summed E-state index contributed by atoms with van der Waals surface area (Å²) in [4.78, 5) is 30.9. The molecule has 1 aromatic carbocycles. The van der Waals surface area contributed by atoms with Gasteiger partial charge in [0.15, 0.2) is 0 Å². The Bertz CT molecular complexity index is 536. The minimum atomic E-state index is -0.138. The first-order valence-electron chi connectivity index (χ1n) is 7.97. The lowest BCUT2D eigenvalue weighted by Gasteiger charge is -2.22. The molecule has 0 heterocycles. The first-order chi connectivity index (χ1) is 11.5. The van der Waals surface area contributed by atoms with E-state index in [0.29, 0.717) is 24.4 Å². The molecule has 2 amide bonds. The van der Waals surface area contributed by atoms with Gasteiger partial charge in [-0.15, -0.1) is 0 Å². The van der Waals surface area contributed by atoms with Gasteiger partial charge in [0.25, 0.3) is 0 Å². The summed E-state index contributed by atoms with van der Waals surface area (Å²) in [5, 5.41) is 4.04. The largest absolute Gasteiger partial charge is 0.495 e. The van der Waals surface area contributed by atoms with E-state index in [1.165, 1.54) is 12.2 Å². The smallest absolute Gasteiger partial charge is 0.247 e. The summed E-state index contributed by atoms with van der Waals surface area (Å²) in [5.41, 5.74) is 0.636. The number of anilines is 1. The van der Waals surface area contributed by atoms with Crippen LogP contribution in [0.25, 0.3) is 0 Å². The zero-order valence-corrected chi connectivity index (χ0v) is 14.9. The van der Waals surface area contributed by atoms with Gasteiger partial charge in [-0.3, -0.25) is 19.3 Å². The Morgan fingerprint density at radius 3 is 2.50 bits per heavy atom. The highest BCUT2D eigenvalue weighted by molar-refractivity contribution is 5.93. The van der Waals surface area contributed by atoms with E-state index in [1.54, 1.807) is 26.3 Å². The molecule has 0 aliphatic rings. The van der Waals surface area contributed by atoms with Crippen LogP contribution < -0.4 is 10.1 Å². The summed E-state index contributed by atoms with van der Waals surface area (Å²) in [6.45, 7) is 3.49. The number of nitrogens with zero attached hydrogens (tertiary/aromatic N) is 2. The lowest BCUT2D eigenvalue weighted by molar-refractivity contribution is -0.169. The van der Waals surface area contributed by atoms with E-state index in [9.17, 15) is 9.59 Å². The molecule has 0 bridgehead atoms. The van der Waals surface area contributed by atoms with E-state index in [-0.39, 0.29) is 18.4 Å². The number of hydroxylamine groups is 2. The number of hydrogen-bond donors (Lipinski definition) is 1. The quantitative estimate of drug-likeness (QED) is 0.659. The number of methoxy groups -OCH3 is 1. The van der Waals surface area contributed by atoms with Gasteiger partial charge in [-0.2, -0.15) is 0 Å². The number of benzene rings is 1. The van der Waals surface area contributed by atoms with Gasteiger partial charge < -0.3 is 10.1 Å². The minimum Gasteiger partial charge on any atom is -0.495 e. The molecular weight excluding hydrogens is 310 g/mol. The van der Waals surface area contributed by atoms with Gasteiger partial charge in [0.05, 0.1) is 26.5 Å². The van der Waals surface area contributed by atoms with Crippen molar-refractivity contribution in [2.24, 2.45) is 0 Å². The standard InChI is InChI=1S/C17H27N3O4/c1-5-11-20(12-10-17(22)19(2)24-4)13-16(21)18-14-8-6-7-9-15(14)23-3/h6-9H,5,10-13H2,1-4H3,(H,18,21). The van der Waals surface area contributed by atoms with Crippen LogP contribution in [0.1, 0.15) is 19.8 Å². The average molecular weight is 337 g/mol. The first-order valence-corrected chi connectivity index (χ1v) is 7.97. The fourth-order valence-corrected chi connectivity index (χ4v) is 2.24. The van der Waals surface area contributed by atoms with Crippen LogP contribution in [0.4, 0.5) is 5.69 Å². The normalized spacial score (nSPS) is 10.5. The zero-order valence-electron chi connectivity index (χ0n) is 14.9. The molecule has 1 aromatic rings. The molecule has 7 heteroatoms. The number of para-hydroxylation sites is 2. The maximum absolute atomic E-state index is 12.3. The van der Waals surface area contributed by atoms with Gasteiger partial charge in [0, 0.05) is 20.0 Å². The van der Waals surface area contributed by atoms with Crippen LogP contribution in [0, 0.1) is 0 Å². The summed E-state index contributed by atoms with van der Waals surface area (Å²) in [7, 11) is 4.58. The lowest BCUT2D eigenvalue weighted by Crippen LogP contribution is -2.37. The van der Waals surface area contributed by atoms with E-state index in [2.05, 4.69) is 5.32 Å². The second kappa shape index (κ2) is 10.6. The van der Waals surface area contributed by atoms with E-state index < -0.39 is 0 Å². The monoisotopic (exact) mass is 337 g/mol. The number of hydrogen-bond acceptors (Lipinski definition) is 5. The summed E-state index contributed by atoms with van der Waals surface area (Å²) in [5.74, 6) is 0.356. The molecule has 0 aromatic heterocycles. The van der Waals surface area contributed by atoms with Crippen LogP contribution in [0.3, 0.4) is 0 Å². The van der Waals surface area contributed by atoms with Crippen LogP contribution in [0.15, 0.2) is 24.3 Å². The van der Waals surface area contributed by atoms with Gasteiger partial charge in [0.2, 0.25) is 11.8 Å². The average Bonchev–Trinajstić information content (AvgIpc) is 2.59. The van der Waals surface area contributed by atoms with Crippen LogP contribution >= 0.6 is 0 Å². The summed E-state index contributed by atoms with van der Waals surface area (Å²) in [6.07, 6.45) is 1.20. The Kier molecular flexibility index (Phi) is 8.81. The number of carbonyl (C=O) groups is 2. The van der Waals surface area contributed by atoms with E-state index >= 15 is 0 Å². The molecule has 24 heavy (non-hydrogen) atoms. The molecule has 134 valence electrons. The van der Waals surface area contributed by atoms with Crippen molar-refractivity contribution in [1.29, 1.82) is 0 Å². The molecule has 7 nitrogen and oxygen atoms in total. The fourth-order valence-electron chi connectivity index (χ4n) is 2.24. The van der Waals surface area contributed by atoms with Crippen molar-refractivity contribution in [2.45, 2.75) is 19.8 Å². The van der Waals surface area contributed by atoms with Crippen LogP contribution in [-0.2, 0) is 14.4 Å². The molecule has 0 saturated carbocycles. The van der Waals surface area contributed by atoms with Crippen LogP contribution in [-0.4, -0.2) is 62.7 Å². The Labute approximate surface area is 143 Å². The van der Waals surface area contributed by atoms with Gasteiger partial charge in [0.1, 0.15) is 5.75 Å². The molecule has 1 rings (SSSR count). The molecule has 1 N–H and O–H groups in total. The van der Waals surface area contributed by atoms with Crippen molar-refractivity contribution in [3.05, 3.63) is 24.3 Å². The third-order valence-corrected chi connectivity index (χ3v) is 3.56. The van der Waals surface area contributed by atoms with Crippen molar-refractivity contribution >= 4 is 17.5 Å². The van der Waals surface area contributed by atoms with Gasteiger partial charge >= 0.3 is 0 Å². The van der Waals surface area contributed by atoms with Gasteiger partial charge in [-0.1, -0.05) is 19.1 Å². The summed E-state index contributed by atoms with van der Waals surface area (Å²) >= 11 is 0. The molecule has 0 unspecified atom stereocenters. The minimum absolute atomic E-state index is 0.122. The topological polar surface area (TPSA) is 71.1 Å². The van der Waals surface area contributed by atoms with Crippen molar-refractivity contribution < 1.29 is 19.2 Å². The second-order valence-corrected chi connectivity index (χ2v) is 5.35. The molecule has 0 spiro atoms. The third-order valence-electron chi connectivity index (χ3n) is 3.56. The third kappa shape index (κ3) is 6.55. The van der Waals surface area contributed by atoms with Crippen molar-refractivity contribution in [3.63, 3.8) is 0 Å². The molecule has 0 aliphatic carbocycles. The fraction of sp³-hybridized carbons (Fsp3) is 0.529. The molecule has 0 saturated heterocycles. The SMILES string of the molecule is CCCN(CCC(=O)N(C)OC)CC(=O)Nc1ccccc1OC. The number of nitrogens with one attached hydrogen (secondary N) is 1. The van der Waals surface area contributed by atoms with E-state index in [4.69, 9.17) is 9.57 Å². The molecule has 0 fully saturated rings.